The first kappa shape index (κ1) is 15.8. The minimum Gasteiger partial charge on any atom is -1.00 e. The van der Waals surface area contributed by atoms with Crippen molar-refractivity contribution < 1.29 is 31.6 Å². The second-order valence-electron chi connectivity index (χ2n) is 4.06. The van der Waals surface area contributed by atoms with Crippen LogP contribution in [0.4, 0.5) is 0 Å². The summed E-state index contributed by atoms with van der Waals surface area (Å²) in [6, 6.07) is 13.0. The summed E-state index contributed by atoms with van der Waals surface area (Å²) in [5.74, 6) is -0.491. The Morgan fingerprint density at radius 1 is 1.25 bits per heavy atom. The Balaban J connectivity index is 0.00000200. The average molecular weight is 336 g/mol. The molecule has 0 aliphatic heterocycles. The minimum absolute atomic E-state index is 0. The van der Waals surface area contributed by atoms with Crippen molar-refractivity contribution in [2.24, 2.45) is 10.9 Å². The number of oxime groups is 1. The number of halogens is 1. The highest BCUT2D eigenvalue weighted by Crippen LogP contribution is 2.01. The first-order valence-electron chi connectivity index (χ1n) is 5.75. The predicted octanol–water partition coefficient (Wildman–Crippen LogP) is -2.07. The third-order valence-electron chi connectivity index (χ3n) is 2.73. The van der Waals surface area contributed by atoms with Gasteiger partial charge in [-0.05, 0) is 6.07 Å². The fourth-order valence-electron chi connectivity index (χ4n) is 1.80. The van der Waals surface area contributed by atoms with Gasteiger partial charge in [0, 0.05) is 11.6 Å². The van der Waals surface area contributed by atoms with Gasteiger partial charge in [-0.1, -0.05) is 35.5 Å². The predicted molar refractivity (Wildman–Crippen MR) is 70.1 cm³/mol. The lowest BCUT2D eigenvalue weighted by atomic mass is 10.2. The molecule has 6 heteroatoms. The number of pyridine rings is 1. The molecule has 0 unspecified atom stereocenters. The topological polar surface area (TPSA) is 79.6 Å². The standard InChI is InChI=1S/C14H13N3O2.BrH/c15-14(18)12-6-7-13(8-16-19)17(10-12)9-11-4-2-1-3-5-11;/h1-8,10H,9H2,(H2,15,18);1H. The molecule has 0 saturated carbocycles. The SMILES string of the molecule is NC(=O)c1ccc(C=NO)[n+](Cc2ccccc2)c1.[Br-]. The van der Waals surface area contributed by atoms with Gasteiger partial charge in [-0.3, -0.25) is 4.79 Å². The van der Waals surface area contributed by atoms with E-state index in [0.717, 1.165) is 5.56 Å². The summed E-state index contributed by atoms with van der Waals surface area (Å²) in [7, 11) is 0. The fraction of sp³-hybridized carbons (Fsp3) is 0.0714. The van der Waals surface area contributed by atoms with Gasteiger partial charge in [0.2, 0.25) is 5.69 Å². The van der Waals surface area contributed by atoms with E-state index in [2.05, 4.69) is 5.16 Å². The summed E-state index contributed by atoms with van der Waals surface area (Å²) in [5, 5.41) is 11.7. The molecule has 1 aromatic heterocycles. The maximum Gasteiger partial charge on any atom is 0.254 e. The molecule has 1 amide bonds. The van der Waals surface area contributed by atoms with Gasteiger partial charge in [0.25, 0.3) is 5.91 Å². The number of carbonyl (C=O) groups is 1. The van der Waals surface area contributed by atoms with E-state index in [9.17, 15) is 4.79 Å². The van der Waals surface area contributed by atoms with E-state index in [1.54, 1.807) is 22.9 Å². The van der Waals surface area contributed by atoms with Crippen molar-refractivity contribution in [1.29, 1.82) is 0 Å². The lowest BCUT2D eigenvalue weighted by molar-refractivity contribution is -0.689. The molecule has 3 N–H and O–H groups in total. The van der Waals surface area contributed by atoms with Crippen LogP contribution in [0.25, 0.3) is 0 Å². The molecule has 1 heterocycles. The van der Waals surface area contributed by atoms with Crippen LogP contribution in [0, 0.1) is 0 Å². The molecule has 0 fully saturated rings. The number of nitrogens with zero attached hydrogens (tertiary/aromatic N) is 2. The van der Waals surface area contributed by atoms with Gasteiger partial charge in [-0.15, -0.1) is 0 Å². The molecule has 0 spiro atoms. The molecule has 0 saturated heterocycles. The molecule has 2 rings (SSSR count). The number of primary amides is 1. The molecule has 0 radical (unpaired) electrons. The lowest BCUT2D eigenvalue weighted by Gasteiger charge is -2.02. The highest BCUT2D eigenvalue weighted by Gasteiger charge is 2.13. The molecule has 0 atom stereocenters. The quantitative estimate of drug-likeness (QED) is 0.291. The number of hydrogen-bond acceptors (Lipinski definition) is 3. The number of aromatic nitrogens is 1. The molecule has 0 aliphatic rings. The first-order valence-corrected chi connectivity index (χ1v) is 5.75. The van der Waals surface area contributed by atoms with Crippen molar-refractivity contribution >= 4 is 12.1 Å². The van der Waals surface area contributed by atoms with Gasteiger partial charge >= 0.3 is 0 Å². The maximum absolute atomic E-state index is 11.2. The third kappa shape index (κ3) is 3.89. The second kappa shape index (κ2) is 7.40. The summed E-state index contributed by atoms with van der Waals surface area (Å²) >= 11 is 0. The van der Waals surface area contributed by atoms with Crippen LogP contribution >= 0.6 is 0 Å². The monoisotopic (exact) mass is 335 g/mol. The molecule has 1 aromatic carbocycles. The largest absolute Gasteiger partial charge is 1.00 e. The average Bonchev–Trinajstić information content (AvgIpc) is 2.42. The molecule has 104 valence electrons. The normalized spacial score (nSPS) is 10.2. The molecule has 2 aromatic rings. The molecule has 20 heavy (non-hydrogen) atoms. The smallest absolute Gasteiger partial charge is 0.254 e. The summed E-state index contributed by atoms with van der Waals surface area (Å²) in [6.45, 7) is 0.559. The molecular weight excluding hydrogens is 322 g/mol. The van der Waals surface area contributed by atoms with Crippen LogP contribution in [-0.4, -0.2) is 17.3 Å². The van der Waals surface area contributed by atoms with Gasteiger partial charge in [-0.25, -0.2) is 0 Å². The van der Waals surface area contributed by atoms with Crippen LogP contribution in [0.5, 0.6) is 0 Å². The van der Waals surface area contributed by atoms with Crippen LogP contribution in [0.1, 0.15) is 21.6 Å². The highest BCUT2D eigenvalue weighted by atomic mass is 79.9. The minimum atomic E-state index is -0.491. The van der Waals surface area contributed by atoms with Gasteiger partial charge in [-0.2, -0.15) is 4.57 Å². The van der Waals surface area contributed by atoms with Crippen molar-refractivity contribution in [3.8, 4) is 0 Å². The summed E-state index contributed by atoms with van der Waals surface area (Å²) in [4.78, 5) is 11.2. The second-order valence-corrected chi connectivity index (χ2v) is 4.06. The van der Waals surface area contributed by atoms with E-state index in [1.807, 2.05) is 30.3 Å². The van der Waals surface area contributed by atoms with Gasteiger partial charge in [0.15, 0.2) is 12.7 Å². The zero-order valence-electron chi connectivity index (χ0n) is 10.6. The van der Waals surface area contributed by atoms with Crippen molar-refractivity contribution in [1.82, 2.24) is 0 Å². The number of amides is 1. The lowest BCUT2D eigenvalue weighted by Crippen LogP contribution is -3.00. The van der Waals surface area contributed by atoms with Crippen LogP contribution in [0.3, 0.4) is 0 Å². The van der Waals surface area contributed by atoms with Crippen molar-refractivity contribution in [2.75, 3.05) is 0 Å². The summed E-state index contributed by atoms with van der Waals surface area (Å²) in [6.07, 6.45) is 2.96. The van der Waals surface area contributed by atoms with Gasteiger partial charge < -0.3 is 27.9 Å². The molecule has 0 aliphatic carbocycles. The number of carbonyl (C=O) groups excluding carboxylic acids is 1. The fourth-order valence-corrected chi connectivity index (χ4v) is 1.80. The van der Waals surface area contributed by atoms with E-state index in [-0.39, 0.29) is 17.0 Å². The van der Waals surface area contributed by atoms with Gasteiger partial charge in [0.1, 0.15) is 11.8 Å². The number of hydrogen-bond donors (Lipinski definition) is 2. The third-order valence-corrected chi connectivity index (χ3v) is 2.73. The maximum atomic E-state index is 11.2. The Hall–Kier alpha value is -2.21. The van der Waals surface area contributed by atoms with Crippen molar-refractivity contribution in [2.45, 2.75) is 6.54 Å². The molecule has 5 nitrogen and oxygen atoms in total. The zero-order chi connectivity index (χ0) is 13.7. The van der Waals surface area contributed by atoms with E-state index < -0.39 is 5.91 Å². The van der Waals surface area contributed by atoms with Crippen molar-refractivity contribution in [3.05, 3.63) is 65.5 Å². The van der Waals surface area contributed by atoms with Crippen LogP contribution in [0.15, 0.2) is 53.8 Å². The zero-order valence-corrected chi connectivity index (χ0v) is 12.2. The Kier molecular flexibility index (Phi) is 5.86. The number of rotatable bonds is 4. The van der Waals surface area contributed by atoms with E-state index >= 15 is 0 Å². The Bertz CT molecular complexity index is 615. The summed E-state index contributed by atoms with van der Waals surface area (Å²) < 4.78 is 1.80. The van der Waals surface area contributed by atoms with Crippen LogP contribution in [-0.2, 0) is 6.54 Å². The van der Waals surface area contributed by atoms with Crippen molar-refractivity contribution in [3.63, 3.8) is 0 Å². The Labute approximate surface area is 127 Å². The first-order chi connectivity index (χ1) is 9.20. The van der Waals surface area contributed by atoms with Crippen LogP contribution in [0.2, 0.25) is 0 Å². The molecule has 0 bridgehead atoms. The van der Waals surface area contributed by atoms with E-state index in [4.69, 9.17) is 10.9 Å². The van der Waals surface area contributed by atoms with Gasteiger partial charge in [0.05, 0.1) is 0 Å². The Morgan fingerprint density at radius 2 is 1.95 bits per heavy atom. The Morgan fingerprint density at radius 3 is 2.55 bits per heavy atom. The van der Waals surface area contributed by atoms with Crippen LogP contribution < -0.4 is 27.3 Å². The molecular formula is C14H14BrN3O2. The van der Waals surface area contributed by atoms with E-state index in [1.165, 1.54) is 6.21 Å². The van der Waals surface area contributed by atoms with E-state index in [0.29, 0.717) is 17.8 Å². The number of nitrogens with two attached hydrogens (primary N) is 1. The number of benzene rings is 1. The summed E-state index contributed by atoms with van der Waals surface area (Å²) in [5.41, 5.74) is 7.42. The highest BCUT2D eigenvalue weighted by molar-refractivity contribution is 5.92.